The first-order valence-electron chi connectivity index (χ1n) is 2.91. The molecule has 0 saturated heterocycles. The molecule has 0 aliphatic heterocycles. The third kappa shape index (κ3) is 4.55. The van der Waals surface area contributed by atoms with Crippen LogP contribution in [0.5, 0.6) is 0 Å². The lowest BCUT2D eigenvalue weighted by Crippen LogP contribution is -2.00. The van der Waals surface area contributed by atoms with Gasteiger partial charge in [0.1, 0.15) is 3.72 Å². The Balaban J connectivity index is 4.03. The van der Waals surface area contributed by atoms with Crippen LogP contribution in [0.4, 0.5) is 0 Å². The summed E-state index contributed by atoms with van der Waals surface area (Å²) in [4.78, 5) is 4.07. The summed E-state index contributed by atoms with van der Waals surface area (Å²) in [5.74, 6) is 0. The van der Waals surface area contributed by atoms with E-state index in [-0.39, 0.29) is 0 Å². The Kier molecular flexibility index (Phi) is 5.29. The third-order valence-corrected chi connectivity index (χ3v) is 1.66. The lowest BCUT2D eigenvalue weighted by Gasteiger charge is -1.93. The van der Waals surface area contributed by atoms with Crippen molar-refractivity contribution in [1.29, 1.82) is 0 Å². The maximum absolute atomic E-state index is 4.07. The van der Waals surface area contributed by atoms with Crippen molar-refractivity contribution >= 4 is 26.3 Å². The van der Waals surface area contributed by atoms with Crippen molar-refractivity contribution in [3.8, 4) is 0 Å². The second-order valence-corrected chi connectivity index (χ2v) is 2.82. The molecule has 10 heavy (non-hydrogen) atoms. The lowest BCUT2D eigenvalue weighted by atomic mass is 10.5. The highest BCUT2D eigenvalue weighted by molar-refractivity contribution is 14.1. The maximum atomic E-state index is 4.07. The van der Waals surface area contributed by atoms with E-state index in [1.807, 2.05) is 14.0 Å². The Morgan fingerprint density at radius 1 is 1.70 bits per heavy atom. The first-order valence-corrected chi connectivity index (χ1v) is 3.99. The van der Waals surface area contributed by atoms with Crippen LogP contribution in [-0.2, 0) is 0 Å². The Hall–Kier alpha value is -0.320. The summed E-state index contributed by atoms with van der Waals surface area (Å²) in [5.41, 5.74) is 1.04. The van der Waals surface area contributed by atoms with Crippen LogP contribution in [0.3, 0.4) is 0 Å². The van der Waals surface area contributed by atoms with Gasteiger partial charge >= 0.3 is 0 Å². The van der Waals surface area contributed by atoms with E-state index in [0.717, 1.165) is 9.42 Å². The minimum Gasteiger partial charge on any atom is -0.390 e. The first kappa shape index (κ1) is 9.68. The highest BCUT2D eigenvalue weighted by Gasteiger charge is 1.80. The molecule has 0 aromatic rings. The van der Waals surface area contributed by atoms with Gasteiger partial charge in [-0.1, -0.05) is 6.58 Å². The summed E-state index contributed by atoms with van der Waals surface area (Å²) < 4.78 is 0.896. The minimum absolute atomic E-state index is 0.896. The average Bonchev–Trinajstić information content (AvgIpc) is 1.99. The largest absolute Gasteiger partial charge is 0.390 e. The average molecular weight is 250 g/mol. The molecule has 1 N–H and O–H groups in total. The highest BCUT2D eigenvalue weighted by Crippen LogP contribution is 1.94. The van der Waals surface area contributed by atoms with Gasteiger partial charge < -0.3 is 5.32 Å². The molecule has 0 saturated carbocycles. The molecular weight excluding hydrogens is 239 g/mol. The van der Waals surface area contributed by atoms with Gasteiger partial charge in [0.05, 0.1) is 0 Å². The van der Waals surface area contributed by atoms with E-state index in [1.54, 1.807) is 12.3 Å². The van der Waals surface area contributed by atoms with Gasteiger partial charge in [0.25, 0.3) is 0 Å². The molecule has 2 nitrogen and oxygen atoms in total. The van der Waals surface area contributed by atoms with Crippen molar-refractivity contribution in [3.05, 3.63) is 24.6 Å². The molecule has 0 heterocycles. The fraction of sp³-hybridized carbons (Fsp3) is 0.286. The summed E-state index contributed by atoms with van der Waals surface area (Å²) in [6.45, 7) is 5.53. The van der Waals surface area contributed by atoms with Crippen molar-refractivity contribution in [1.82, 2.24) is 5.32 Å². The Labute approximate surface area is 75.3 Å². The van der Waals surface area contributed by atoms with Crippen LogP contribution >= 0.6 is 22.6 Å². The fourth-order valence-electron chi connectivity index (χ4n) is 0.276. The minimum atomic E-state index is 0.896. The van der Waals surface area contributed by atoms with Crippen LogP contribution in [0.25, 0.3) is 0 Å². The summed E-state index contributed by atoms with van der Waals surface area (Å²) in [7, 11) is 1.86. The van der Waals surface area contributed by atoms with E-state index < -0.39 is 0 Å². The molecule has 0 spiro atoms. The lowest BCUT2D eigenvalue weighted by molar-refractivity contribution is 0.981. The van der Waals surface area contributed by atoms with Crippen molar-refractivity contribution in [2.75, 3.05) is 7.05 Å². The monoisotopic (exact) mass is 250 g/mol. The molecule has 0 unspecified atom stereocenters. The standard InChI is InChI=1S/C7H11IN2/c1-4-7(8)10-5-6(2)9-3/h4-5,9H,1H2,2-3H3/b6-5-,10-7+. The molecule has 0 amide bonds. The van der Waals surface area contributed by atoms with E-state index in [1.165, 1.54) is 0 Å². The molecule has 0 fully saturated rings. The summed E-state index contributed by atoms with van der Waals surface area (Å²) >= 11 is 2.11. The van der Waals surface area contributed by atoms with Crippen molar-refractivity contribution in [2.24, 2.45) is 4.99 Å². The van der Waals surface area contributed by atoms with Gasteiger partial charge in [-0.15, -0.1) is 0 Å². The molecule has 0 atom stereocenters. The van der Waals surface area contributed by atoms with Gasteiger partial charge in [0.15, 0.2) is 0 Å². The second kappa shape index (κ2) is 5.46. The first-order chi connectivity index (χ1) is 4.70. The molecular formula is C7H11IN2. The van der Waals surface area contributed by atoms with Gasteiger partial charge in [-0.25, -0.2) is 4.99 Å². The van der Waals surface area contributed by atoms with E-state index in [9.17, 15) is 0 Å². The number of allylic oxidation sites excluding steroid dienone is 2. The zero-order chi connectivity index (χ0) is 7.98. The Morgan fingerprint density at radius 2 is 2.30 bits per heavy atom. The van der Waals surface area contributed by atoms with Gasteiger partial charge in [0, 0.05) is 18.9 Å². The van der Waals surface area contributed by atoms with Crippen molar-refractivity contribution in [2.45, 2.75) is 6.92 Å². The Bertz CT molecular complexity index is 170. The molecule has 0 aliphatic rings. The smallest absolute Gasteiger partial charge is 0.100 e. The van der Waals surface area contributed by atoms with Crippen LogP contribution in [0.2, 0.25) is 0 Å². The van der Waals surface area contributed by atoms with E-state index >= 15 is 0 Å². The quantitative estimate of drug-likeness (QED) is 0.602. The summed E-state index contributed by atoms with van der Waals surface area (Å²) in [5, 5.41) is 2.96. The molecule has 0 bridgehead atoms. The van der Waals surface area contributed by atoms with Gasteiger partial charge in [-0.3, -0.25) is 0 Å². The predicted molar refractivity (Wildman–Crippen MR) is 54.5 cm³/mol. The summed E-state index contributed by atoms with van der Waals surface area (Å²) in [6.07, 6.45) is 3.48. The third-order valence-electron chi connectivity index (χ3n) is 0.944. The Morgan fingerprint density at radius 3 is 2.70 bits per heavy atom. The van der Waals surface area contributed by atoms with E-state index in [2.05, 4.69) is 39.5 Å². The normalized spacial score (nSPS) is 13.1. The fourth-order valence-corrected chi connectivity index (χ4v) is 0.415. The van der Waals surface area contributed by atoms with Gasteiger partial charge in [-0.2, -0.15) is 0 Å². The predicted octanol–water partition coefficient (Wildman–Crippen LogP) is 2.09. The molecule has 0 rings (SSSR count). The number of hydrogen-bond donors (Lipinski definition) is 1. The summed E-state index contributed by atoms with van der Waals surface area (Å²) in [6, 6.07) is 0. The van der Waals surface area contributed by atoms with Crippen LogP contribution in [0.15, 0.2) is 29.5 Å². The van der Waals surface area contributed by atoms with Crippen LogP contribution in [-0.4, -0.2) is 10.8 Å². The van der Waals surface area contributed by atoms with Gasteiger partial charge in [0.2, 0.25) is 0 Å². The number of nitrogens with zero attached hydrogens (tertiary/aromatic N) is 1. The second-order valence-electron chi connectivity index (χ2n) is 1.72. The highest BCUT2D eigenvalue weighted by atomic mass is 127. The van der Waals surface area contributed by atoms with Crippen molar-refractivity contribution < 1.29 is 0 Å². The number of halogens is 1. The molecule has 56 valence electrons. The molecule has 0 radical (unpaired) electrons. The zero-order valence-corrected chi connectivity index (χ0v) is 8.34. The van der Waals surface area contributed by atoms with Crippen molar-refractivity contribution in [3.63, 3.8) is 0 Å². The van der Waals surface area contributed by atoms with Gasteiger partial charge in [-0.05, 0) is 35.6 Å². The molecule has 3 heteroatoms. The number of hydrogen-bond acceptors (Lipinski definition) is 2. The zero-order valence-electron chi connectivity index (χ0n) is 6.19. The topological polar surface area (TPSA) is 24.4 Å². The van der Waals surface area contributed by atoms with E-state index in [0.29, 0.717) is 0 Å². The maximum Gasteiger partial charge on any atom is 0.100 e. The van der Waals surface area contributed by atoms with Crippen LogP contribution < -0.4 is 5.32 Å². The molecule has 0 aliphatic carbocycles. The number of rotatable bonds is 3. The van der Waals surface area contributed by atoms with E-state index in [4.69, 9.17) is 0 Å². The van der Waals surface area contributed by atoms with Crippen LogP contribution in [0, 0.1) is 0 Å². The SMILES string of the molecule is C=C/C(I)=N\C=C(\C)NC. The number of aliphatic imine (C=N–C) groups is 1. The molecule has 0 aromatic carbocycles. The number of nitrogens with one attached hydrogen (secondary N) is 1. The van der Waals surface area contributed by atoms with Crippen LogP contribution in [0.1, 0.15) is 6.92 Å². The molecule has 0 aromatic heterocycles.